The standard InChI is InChI=1S/C16H16ClNO/c1-10(2)11-6-8-12(9-7-11)16(19)13-4-3-5-14(17)15(13)18/h3-10H,18H2,1-2H3. The average Bonchev–Trinajstić information content (AvgIpc) is 2.41. The molecule has 0 aromatic heterocycles. The molecule has 0 radical (unpaired) electrons. The molecule has 2 aromatic carbocycles. The van der Waals surface area contributed by atoms with Gasteiger partial charge in [-0.3, -0.25) is 4.79 Å². The number of para-hydroxylation sites is 1. The van der Waals surface area contributed by atoms with Gasteiger partial charge in [-0.05, 0) is 23.6 Å². The Labute approximate surface area is 118 Å². The Morgan fingerprint density at radius 1 is 1.11 bits per heavy atom. The van der Waals surface area contributed by atoms with Crippen LogP contribution in [-0.4, -0.2) is 5.78 Å². The third-order valence-electron chi connectivity index (χ3n) is 3.14. The number of nitrogens with two attached hydrogens (primary N) is 1. The van der Waals surface area contributed by atoms with Crippen LogP contribution in [0.25, 0.3) is 0 Å². The molecule has 0 atom stereocenters. The first-order chi connectivity index (χ1) is 9.00. The monoisotopic (exact) mass is 273 g/mol. The van der Waals surface area contributed by atoms with Crippen molar-refractivity contribution in [3.63, 3.8) is 0 Å². The van der Waals surface area contributed by atoms with E-state index in [9.17, 15) is 4.79 Å². The van der Waals surface area contributed by atoms with Crippen molar-refractivity contribution in [2.45, 2.75) is 19.8 Å². The first-order valence-corrected chi connectivity index (χ1v) is 6.57. The van der Waals surface area contributed by atoms with E-state index in [2.05, 4.69) is 13.8 Å². The molecule has 0 saturated heterocycles. The lowest BCUT2D eigenvalue weighted by atomic mass is 9.97. The highest BCUT2D eigenvalue weighted by Crippen LogP contribution is 2.25. The van der Waals surface area contributed by atoms with Crippen LogP contribution in [0.3, 0.4) is 0 Å². The summed E-state index contributed by atoms with van der Waals surface area (Å²) in [6.45, 7) is 4.23. The van der Waals surface area contributed by atoms with Crippen LogP contribution in [0.1, 0.15) is 41.3 Å². The number of anilines is 1. The molecule has 0 saturated carbocycles. The number of ketones is 1. The first kappa shape index (κ1) is 13.6. The molecule has 2 nitrogen and oxygen atoms in total. The van der Waals surface area contributed by atoms with Gasteiger partial charge in [0.2, 0.25) is 0 Å². The molecule has 0 amide bonds. The summed E-state index contributed by atoms with van der Waals surface area (Å²) in [6, 6.07) is 12.7. The Morgan fingerprint density at radius 2 is 1.74 bits per heavy atom. The van der Waals surface area contributed by atoms with Crippen LogP contribution in [0.15, 0.2) is 42.5 Å². The number of halogens is 1. The van der Waals surface area contributed by atoms with Crippen LogP contribution < -0.4 is 5.73 Å². The lowest BCUT2D eigenvalue weighted by molar-refractivity contribution is 0.103. The van der Waals surface area contributed by atoms with Gasteiger partial charge in [-0.1, -0.05) is 55.8 Å². The van der Waals surface area contributed by atoms with Crippen molar-refractivity contribution in [2.24, 2.45) is 0 Å². The first-order valence-electron chi connectivity index (χ1n) is 6.19. The fourth-order valence-electron chi connectivity index (χ4n) is 1.91. The van der Waals surface area contributed by atoms with Crippen LogP contribution in [0.5, 0.6) is 0 Å². The zero-order valence-corrected chi connectivity index (χ0v) is 11.7. The second kappa shape index (κ2) is 5.45. The van der Waals surface area contributed by atoms with Gasteiger partial charge in [0.05, 0.1) is 10.7 Å². The van der Waals surface area contributed by atoms with Gasteiger partial charge in [-0.15, -0.1) is 0 Å². The third kappa shape index (κ3) is 2.79. The second-order valence-corrected chi connectivity index (χ2v) is 5.21. The van der Waals surface area contributed by atoms with E-state index in [1.54, 1.807) is 18.2 Å². The highest BCUT2D eigenvalue weighted by molar-refractivity contribution is 6.34. The van der Waals surface area contributed by atoms with Gasteiger partial charge in [-0.2, -0.15) is 0 Å². The molecule has 98 valence electrons. The van der Waals surface area contributed by atoms with Crippen molar-refractivity contribution >= 4 is 23.1 Å². The van der Waals surface area contributed by atoms with Crippen LogP contribution in [0.4, 0.5) is 5.69 Å². The Kier molecular flexibility index (Phi) is 3.91. The molecule has 0 heterocycles. The molecule has 0 unspecified atom stereocenters. The highest BCUT2D eigenvalue weighted by Gasteiger charge is 2.14. The van der Waals surface area contributed by atoms with E-state index in [0.717, 1.165) is 0 Å². The minimum Gasteiger partial charge on any atom is -0.397 e. The van der Waals surface area contributed by atoms with Crippen molar-refractivity contribution in [1.29, 1.82) is 0 Å². The topological polar surface area (TPSA) is 43.1 Å². The van der Waals surface area contributed by atoms with E-state index in [-0.39, 0.29) is 5.78 Å². The minimum atomic E-state index is -0.102. The van der Waals surface area contributed by atoms with Gasteiger partial charge in [0.1, 0.15) is 0 Å². The van der Waals surface area contributed by atoms with Gasteiger partial charge < -0.3 is 5.73 Å². The molecular formula is C16H16ClNO. The Balaban J connectivity index is 2.36. The summed E-state index contributed by atoms with van der Waals surface area (Å²) in [5.74, 6) is 0.343. The summed E-state index contributed by atoms with van der Waals surface area (Å²) in [7, 11) is 0. The second-order valence-electron chi connectivity index (χ2n) is 4.81. The lowest BCUT2D eigenvalue weighted by Crippen LogP contribution is -2.06. The van der Waals surface area contributed by atoms with Crippen LogP contribution >= 0.6 is 11.6 Å². The normalized spacial score (nSPS) is 10.7. The van der Waals surface area contributed by atoms with Crippen LogP contribution in [-0.2, 0) is 0 Å². The largest absolute Gasteiger partial charge is 0.397 e. The number of hydrogen-bond donors (Lipinski definition) is 1. The lowest BCUT2D eigenvalue weighted by Gasteiger charge is -2.08. The molecule has 2 N–H and O–H groups in total. The number of nitrogen functional groups attached to an aromatic ring is 1. The molecule has 19 heavy (non-hydrogen) atoms. The Hall–Kier alpha value is -1.80. The number of hydrogen-bond acceptors (Lipinski definition) is 2. The molecule has 0 aliphatic carbocycles. The SMILES string of the molecule is CC(C)c1ccc(C(=O)c2cccc(Cl)c2N)cc1. The summed E-state index contributed by atoms with van der Waals surface area (Å²) in [5, 5.41) is 0.407. The maximum absolute atomic E-state index is 12.4. The van der Waals surface area contributed by atoms with Crippen molar-refractivity contribution in [3.05, 3.63) is 64.2 Å². The molecular weight excluding hydrogens is 258 g/mol. The number of carbonyl (C=O) groups is 1. The van der Waals surface area contributed by atoms with Gasteiger partial charge >= 0.3 is 0 Å². The van der Waals surface area contributed by atoms with Crippen molar-refractivity contribution in [1.82, 2.24) is 0 Å². The summed E-state index contributed by atoms with van der Waals surface area (Å²) < 4.78 is 0. The quantitative estimate of drug-likeness (QED) is 0.670. The number of benzene rings is 2. The van der Waals surface area contributed by atoms with E-state index in [0.29, 0.717) is 27.8 Å². The average molecular weight is 274 g/mol. The fourth-order valence-corrected chi connectivity index (χ4v) is 2.08. The number of carbonyl (C=O) groups excluding carboxylic acids is 1. The predicted octanol–water partition coefficient (Wildman–Crippen LogP) is 4.28. The van der Waals surface area contributed by atoms with E-state index in [1.807, 2.05) is 24.3 Å². The van der Waals surface area contributed by atoms with Crippen LogP contribution in [0.2, 0.25) is 5.02 Å². The number of rotatable bonds is 3. The van der Waals surface area contributed by atoms with Crippen LogP contribution in [0, 0.1) is 0 Å². The predicted molar refractivity (Wildman–Crippen MR) is 79.8 cm³/mol. The third-order valence-corrected chi connectivity index (χ3v) is 3.47. The highest BCUT2D eigenvalue weighted by atomic mass is 35.5. The zero-order valence-electron chi connectivity index (χ0n) is 11.0. The minimum absolute atomic E-state index is 0.102. The molecule has 0 spiro atoms. The summed E-state index contributed by atoms with van der Waals surface area (Å²) in [6.07, 6.45) is 0. The van der Waals surface area contributed by atoms with Gasteiger partial charge in [0.15, 0.2) is 5.78 Å². The molecule has 3 heteroatoms. The summed E-state index contributed by atoms with van der Waals surface area (Å²) in [5.41, 5.74) is 8.46. The zero-order chi connectivity index (χ0) is 14.0. The van der Waals surface area contributed by atoms with E-state index >= 15 is 0 Å². The molecule has 0 aliphatic rings. The van der Waals surface area contributed by atoms with Crippen molar-refractivity contribution < 1.29 is 4.79 Å². The fraction of sp³-hybridized carbons (Fsp3) is 0.188. The molecule has 0 bridgehead atoms. The Morgan fingerprint density at radius 3 is 2.32 bits per heavy atom. The van der Waals surface area contributed by atoms with E-state index in [4.69, 9.17) is 17.3 Å². The van der Waals surface area contributed by atoms with E-state index < -0.39 is 0 Å². The van der Waals surface area contributed by atoms with Crippen molar-refractivity contribution in [3.8, 4) is 0 Å². The summed E-state index contributed by atoms with van der Waals surface area (Å²) in [4.78, 5) is 12.4. The smallest absolute Gasteiger partial charge is 0.195 e. The van der Waals surface area contributed by atoms with Gasteiger partial charge in [0.25, 0.3) is 0 Å². The van der Waals surface area contributed by atoms with Gasteiger partial charge in [0, 0.05) is 11.1 Å². The van der Waals surface area contributed by atoms with Gasteiger partial charge in [-0.25, -0.2) is 0 Å². The van der Waals surface area contributed by atoms with Crippen molar-refractivity contribution in [2.75, 3.05) is 5.73 Å². The van der Waals surface area contributed by atoms with E-state index in [1.165, 1.54) is 5.56 Å². The maximum Gasteiger partial charge on any atom is 0.195 e. The molecule has 2 aromatic rings. The Bertz CT molecular complexity index is 603. The molecule has 2 rings (SSSR count). The molecule has 0 aliphatic heterocycles. The summed E-state index contributed by atoms with van der Waals surface area (Å²) >= 11 is 5.93. The molecule has 0 fully saturated rings. The maximum atomic E-state index is 12.4.